The number of phenolic OH excluding ortho intramolecular Hbond substituents is 1. The highest BCUT2D eigenvalue weighted by Gasteiger charge is 2.55. The van der Waals surface area contributed by atoms with Gasteiger partial charge >= 0.3 is 5.97 Å². The van der Waals surface area contributed by atoms with Crippen LogP contribution < -0.4 is 0 Å². The van der Waals surface area contributed by atoms with Crippen LogP contribution in [-0.2, 0) is 19.6 Å². The van der Waals surface area contributed by atoms with Crippen LogP contribution in [0.1, 0.15) is 40.0 Å². The third-order valence-corrected chi connectivity index (χ3v) is 7.35. The van der Waals surface area contributed by atoms with Gasteiger partial charge in [-0.25, -0.2) is 8.42 Å². The lowest BCUT2D eigenvalue weighted by Gasteiger charge is -2.36. The van der Waals surface area contributed by atoms with Gasteiger partial charge < -0.3 is 9.84 Å². The lowest BCUT2D eigenvalue weighted by Crippen LogP contribution is -2.49. The van der Waals surface area contributed by atoms with E-state index >= 15 is 0 Å². The fourth-order valence-electron chi connectivity index (χ4n) is 4.43. The molecule has 0 aromatic heterocycles. The van der Waals surface area contributed by atoms with E-state index in [1.165, 1.54) is 28.6 Å². The molecule has 2 fully saturated rings. The van der Waals surface area contributed by atoms with Crippen LogP contribution in [0.2, 0.25) is 0 Å². The molecule has 4 atom stereocenters. The van der Waals surface area contributed by atoms with Gasteiger partial charge in [0.25, 0.3) is 0 Å². The highest BCUT2D eigenvalue weighted by molar-refractivity contribution is 7.89. The van der Waals surface area contributed by atoms with Gasteiger partial charge in [0.05, 0.1) is 10.8 Å². The summed E-state index contributed by atoms with van der Waals surface area (Å²) in [6.07, 6.45) is 2.74. The summed E-state index contributed by atoms with van der Waals surface area (Å²) in [5.41, 5.74) is -0.599. The van der Waals surface area contributed by atoms with Crippen molar-refractivity contribution in [3.8, 4) is 5.75 Å². The maximum absolute atomic E-state index is 13.1. The number of carbonyl (C=O) groups is 1. The van der Waals surface area contributed by atoms with Crippen LogP contribution >= 0.6 is 0 Å². The number of ether oxygens (including phenoxy) is 1. The van der Waals surface area contributed by atoms with Crippen LogP contribution in [0, 0.1) is 17.8 Å². The van der Waals surface area contributed by atoms with Gasteiger partial charge in [0.1, 0.15) is 11.4 Å². The summed E-state index contributed by atoms with van der Waals surface area (Å²) < 4.78 is 33.0. The van der Waals surface area contributed by atoms with E-state index in [0.29, 0.717) is 0 Å². The lowest BCUT2D eigenvalue weighted by atomic mass is 9.84. The van der Waals surface area contributed by atoms with Crippen LogP contribution in [0.25, 0.3) is 0 Å². The predicted octanol–water partition coefficient (Wildman–Crippen LogP) is 2.77. The molecule has 4 unspecified atom stereocenters. The summed E-state index contributed by atoms with van der Waals surface area (Å²) in [6.45, 7) is 5.47. The molecule has 7 heteroatoms. The zero-order valence-corrected chi connectivity index (χ0v) is 16.5. The average molecular weight is 381 g/mol. The van der Waals surface area contributed by atoms with Crippen molar-refractivity contribution in [2.75, 3.05) is 7.05 Å². The minimum Gasteiger partial charge on any atom is -0.508 e. The summed E-state index contributed by atoms with van der Waals surface area (Å²) >= 11 is 0. The third-order valence-electron chi connectivity index (χ3n) is 5.49. The number of carbonyl (C=O) groups excluding carboxylic acids is 1. The molecule has 0 radical (unpaired) electrons. The fraction of sp³-hybridized carbons (Fsp3) is 0.632. The SMILES string of the molecule is CN(C1C2CCC(C2)C1C(=O)OC(C)(C)C)S(=O)(=O)c1ccc(O)cc1. The fourth-order valence-corrected chi connectivity index (χ4v) is 5.87. The van der Waals surface area contributed by atoms with Crippen molar-refractivity contribution in [3.05, 3.63) is 24.3 Å². The molecule has 0 heterocycles. The number of hydrogen-bond donors (Lipinski definition) is 1. The number of esters is 1. The molecule has 1 aromatic carbocycles. The molecule has 2 aliphatic carbocycles. The first-order chi connectivity index (χ1) is 12.0. The van der Waals surface area contributed by atoms with Crippen LogP contribution in [0.4, 0.5) is 0 Å². The Hall–Kier alpha value is -1.60. The van der Waals surface area contributed by atoms with E-state index in [1.807, 2.05) is 20.8 Å². The second kappa shape index (κ2) is 6.53. The molecule has 144 valence electrons. The minimum atomic E-state index is -3.76. The molecule has 2 saturated carbocycles. The molecule has 0 aliphatic heterocycles. The van der Waals surface area contributed by atoms with Crippen molar-refractivity contribution in [2.45, 2.75) is 56.6 Å². The predicted molar refractivity (Wildman–Crippen MR) is 97.0 cm³/mol. The van der Waals surface area contributed by atoms with E-state index in [4.69, 9.17) is 4.74 Å². The molecule has 0 saturated heterocycles. The smallest absolute Gasteiger partial charge is 0.311 e. The molecule has 3 rings (SSSR count). The quantitative estimate of drug-likeness (QED) is 0.811. The Bertz CT molecular complexity index is 781. The maximum Gasteiger partial charge on any atom is 0.311 e. The van der Waals surface area contributed by atoms with Crippen molar-refractivity contribution in [1.82, 2.24) is 4.31 Å². The number of benzene rings is 1. The number of aromatic hydroxyl groups is 1. The highest BCUT2D eigenvalue weighted by atomic mass is 32.2. The third kappa shape index (κ3) is 3.47. The summed E-state index contributed by atoms with van der Waals surface area (Å²) in [4.78, 5) is 12.9. The Morgan fingerprint density at radius 2 is 1.73 bits per heavy atom. The number of sulfonamides is 1. The minimum absolute atomic E-state index is 0.0122. The molecule has 1 N–H and O–H groups in total. The largest absolute Gasteiger partial charge is 0.508 e. The van der Waals surface area contributed by atoms with Gasteiger partial charge in [0.15, 0.2) is 0 Å². The Morgan fingerprint density at radius 3 is 2.31 bits per heavy atom. The van der Waals surface area contributed by atoms with E-state index < -0.39 is 21.5 Å². The van der Waals surface area contributed by atoms with Crippen molar-refractivity contribution in [1.29, 1.82) is 0 Å². The number of nitrogens with zero attached hydrogens (tertiary/aromatic N) is 1. The molecular formula is C19H27NO5S. The van der Waals surface area contributed by atoms with E-state index in [0.717, 1.165) is 19.3 Å². The van der Waals surface area contributed by atoms with Gasteiger partial charge in [-0.15, -0.1) is 0 Å². The summed E-state index contributed by atoms with van der Waals surface area (Å²) in [6, 6.07) is 5.09. The molecule has 6 nitrogen and oxygen atoms in total. The number of rotatable bonds is 4. The van der Waals surface area contributed by atoms with Crippen LogP contribution in [0.5, 0.6) is 5.75 Å². The Kier molecular flexibility index (Phi) is 4.82. The van der Waals surface area contributed by atoms with Gasteiger partial charge in [-0.3, -0.25) is 4.79 Å². The van der Waals surface area contributed by atoms with Crippen LogP contribution in [-0.4, -0.2) is 42.5 Å². The van der Waals surface area contributed by atoms with Crippen LogP contribution in [0.3, 0.4) is 0 Å². The first-order valence-corrected chi connectivity index (χ1v) is 10.4. The molecule has 1 aromatic rings. The van der Waals surface area contributed by atoms with Gasteiger partial charge in [-0.05, 0) is 76.1 Å². The van der Waals surface area contributed by atoms with E-state index in [9.17, 15) is 18.3 Å². The van der Waals surface area contributed by atoms with Gasteiger partial charge in [0.2, 0.25) is 10.0 Å². The Morgan fingerprint density at radius 1 is 1.15 bits per heavy atom. The second-order valence-electron chi connectivity index (χ2n) is 8.40. The van der Waals surface area contributed by atoms with Crippen molar-refractivity contribution < 1.29 is 23.1 Å². The summed E-state index contributed by atoms with van der Waals surface area (Å²) in [7, 11) is -2.21. The van der Waals surface area contributed by atoms with Gasteiger partial charge in [-0.1, -0.05) is 0 Å². The second-order valence-corrected chi connectivity index (χ2v) is 10.4. The maximum atomic E-state index is 13.1. The Labute approximate surface area is 155 Å². The van der Waals surface area contributed by atoms with Crippen molar-refractivity contribution in [3.63, 3.8) is 0 Å². The normalized spacial score (nSPS) is 28.5. The first kappa shape index (κ1) is 19.2. The van der Waals surface area contributed by atoms with E-state index in [1.54, 1.807) is 7.05 Å². The van der Waals surface area contributed by atoms with Crippen molar-refractivity contribution >= 4 is 16.0 Å². The summed E-state index contributed by atoms with van der Waals surface area (Å²) in [5.74, 6) is -0.364. The lowest BCUT2D eigenvalue weighted by molar-refractivity contribution is -0.163. The molecule has 2 bridgehead atoms. The monoisotopic (exact) mass is 381 g/mol. The number of fused-ring (bicyclic) bond motifs is 2. The zero-order valence-electron chi connectivity index (χ0n) is 15.7. The standard InChI is InChI=1S/C19H27NO5S/c1-19(2,3)25-18(22)16-12-5-6-13(11-12)17(16)20(4)26(23,24)15-9-7-14(21)8-10-15/h7-10,12-13,16-17,21H,5-6,11H2,1-4H3. The average Bonchev–Trinajstić information content (AvgIpc) is 3.13. The molecule has 2 aliphatic rings. The van der Waals surface area contributed by atoms with E-state index in [-0.39, 0.29) is 34.5 Å². The van der Waals surface area contributed by atoms with Crippen LogP contribution in [0.15, 0.2) is 29.2 Å². The van der Waals surface area contributed by atoms with E-state index in [2.05, 4.69) is 0 Å². The van der Waals surface area contributed by atoms with Crippen molar-refractivity contribution in [2.24, 2.45) is 17.8 Å². The van der Waals surface area contributed by atoms with Gasteiger partial charge in [-0.2, -0.15) is 4.31 Å². The molecule has 0 spiro atoms. The number of hydrogen-bond acceptors (Lipinski definition) is 5. The molecule has 26 heavy (non-hydrogen) atoms. The first-order valence-electron chi connectivity index (χ1n) is 9.00. The number of phenols is 1. The molecule has 0 amide bonds. The highest BCUT2D eigenvalue weighted by Crippen LogP contribution is 2.51. The molecular weight excluding hydrogens is 354 g/mol. The topological polar surface area (TPSA) is 83.9 Å². The zero-order chi connectivity index (χ0) is 19.3. The van der Waals surface area contributed by atoms with Gasteiger partial charge in [0, 0.05) is 13.1 Å². The Balaban J connectivity index is 1.90. The summed E-state index contributed by atoms with van der Waals surface area (Å²) in [5, 5.41) is 9.41.